The SMILES string of the molecule is Cn1c(=O)c2cc(NC(=O)C3CCCN(C(=O)c4cccs4)C3)cnc2n(C)c1=O. The van der Waals surface area contributed by atoms with Crippen molar-refractivity contribution in [2.75, 3.05) is 18.4 Å². The number of anilines is 1. The molecule has 0 aliphatic carbocycles. The van der Waals surface area contributed by atoms with E-state index in [9.17, 15) is 19.2 Å². The van der Waals surface area contributed by atoms with Crippen LogP contribution in [0.1, 0.15) is 22.5 Å². The molecule has 2 amide bonds. The number of likely N-dealkylation sites (tertiary alicyclic amines) is 1. The van der Waals surface area contributed by atoms with Crippen LogP contribution in [-0.2, 0) is 18.9 Å². The van der Waals surface area contributed by atoms with E-state index in [1.54, 1.807) is 11.0 Å². The number of fused-ring (bicyclic) bond motifs is 1. The third kappa shape index (κ3) is 3.54. The third-order valence-electron chi connectivity index (χ3n) is 5.37. The number of nitrogens with one attached hydrogen (secondary N) is 1. The number of hydrogen-bond acceptors (Lipinski definition) is 6. The molecule has 0 saturated carbocycles. The molecule has 1 fully saturated rings. The predicted octanol–water partition coefficient (Wildman–Crippen LogP) is 1.18. The van der Waals surface area contributed by atoms with E-state index >= 15 is 0 Å². The Balaban J connectivity index is 1.53. The van der Waals surface area contributed by atoms with Crippen LogP contribution in [0.2, 0.25) is 0 Å². The van der Waals surface area contributed by atoms with E-state index in [4.69, 9.17) is 0 Å². The lowest BCUT2D eigenvalue weighted by atomic mass is 9.97. The molecule has 0 radical (unpaired) electrons. The predicted molar refractivity (Wildman–Crippen MR) is 114 cm³/mol. The number of aryl methyl sites for hydroxylation is 1. The van der Waals surface area contributed by atoms with Gasteiger partial charge in [-0.25, -0.2) is 9.78 Å². The molecule has 9 nitrogen and oxygen atoms in total. The maximum Gasteiger partial charge on any atom is 0.332 e. The normalized spacial score (nSPS) is 16.6. The van der Waals surface area contributed by atoms with E-state index in [1.807, 2.05) is 11.4 Å². The molecule has 1 N–H and O–H groups in total. The van der Waals surface area contributed by atoms with Crippen LogP contribution in [0.25, 0.3) is 11.0 Å². The standard InChI is InChI=1S/C20H21N5O4S/c1-23-16-14(18(27)24(2)20(23)29)9-13(10-21-16)22-17(26)12-5-3-7-25(11-12)19(28)15-6-4-8-30-15/h4,6,8-10,12H,3,5,7,11H2,1-2H3,(H,22,26). The average Bonchev–Trinajstić information content (AvgIpc) is 3.30. The van der Waals surface area contributed by atoms with Crippen LogP contribution in [0.15, 0.2) is 39.4 Å². The topological polar surface area (TPSA) is 106 Å². The molecule has 4 rings (SSSR count). The van der Waals surface area contributed by atoms with Crippen molar-refractivity contribution in [3.8, 4) is 0 Å². The van der Waals surface area contributed by atoms with Gasteiger partial charge in [-0.15, -0.1) is 11.3 Å². The first kappa shape index (κ1) is 20.0. The van der Waals surface area contributed by atoms with Crippen molar-refractivity contribution in [2.45, 2.75) is 12.8 Å². The van der Waals surface area contributed by atoms with Gasteiger partial charge in [-0.2, -0.15) is 0 Å². The molecule has 4 heterocycles. The Hall–Kier alpha value is -3.27. The fourth-order valence-corrected chi connectivity index (χ4v) is 4.40. The second kappa shape index (κ2) is 7.86. The average molecular weight is 427 g/mol. The van der Waals surface area contributed by atoms with Crippen molar-refractivity contribution in [1.29, 1.82) is 0 Å². The summed E-state index contributed by atoms with van der Waals surface area (Å²) >= 11 is 1.39. The summed E-state index contributed by atoms with van der Waals surface area (Å²) in [6, 6.07) is 5.14. The van der Waals surface area contributed by atoms with Gasteiger partial charge >= 0.3 is 5.69 Å². The molecule has 1 saturated heterocycles. The van der Waals surface area contributed by atoms with Gasteiger partial charge in [0.05, 0.1) is 28.1 Å². The zero-order chi connectivity index (χ0) is 21.4. The molecular weight excluding hydrogens is 406 g/mol. The molecule has 1 atom stereocenters. The molecule has 30 heavy (non-hydrogen) atoms. The van der Waals surface area contributed by atoms with E-state index in [1.165, 1.54) is 42.3 Å². The Bertz CT molecular complexity index is 1240. The number of nitrogens with zero attached hydrogens (tertiary/aromatic N) is 4. The summed E-state index contributed by atoms with van der Waals surface area (Å²) in [7, 11) is 2.94. The van der Waals surface area contributed by atoms with Crippen LogP contribution in [0.5, 0.6) is 0 Å². The molecular formula is C20H21N5O4S. The second-order valence-electron chi connectivity index (χ2n) is 7.36. The minimum atomic E-state index is -0.470. The van der Waals surface area contributed by atoms with Gasteiger partial charge in [0.15, 0.2) is 0 Å². The summed E-state index contributed by atoms with van der Waals surface area (Å²) in [6.45, 7) is 0.974. The van der Waals surface area contributed by atoms with Crippen LogP contribution < -0.4 is 16.6 Å². The summed E-state index contributed by atoms with van der Waals surface area (Å²) in [5.74, 6) is -0.623. The van der Waals surface area contributed by atoms with Crippen molar-refractivity contribution in [2.24, 2.45) is 20.0 Å². The summed E-state index contributed by atoms with van der Waals surface area (Å²) in [6.07, 6.45) is 2.85. The number of aromatic nitrogens is 3. The smallest absolute Gasteiger partial charge is 0.332 e. The van der Waals surface area contributed by atoms with E-state index in [-0.39, 0.29) is 28.8 Å². The first-order valence-electron chi connectivity index (χ1n) is 9.56. The lowest BCUT2D eigenvalue weighted by Gasteiger charge is -2.31. The minimum absolute atomic E-state index is 0.0562. The van der Waals surface area contributed by atoms with Gasteiger partial charge in [0.25, 0.3) is 11.5 Å². The van der Waals surface area contributed by atoms with Crippen LogP contribution in [0.4, 0.5) is 5.69 Å². The number of carbonyl (C=O) groups is 2. The fraction of sp³-hybridized carbons (Fsp3) is 0.350. The number of hydrogen-bond donors (Lipinski definition) is 1. The molecule has 3 aromatic rings. The number of piperidine rings is 1. The minimum Gasteiger partial charge on any atom is -0.337 e. The molecule has 0 bridgehead atoms. The first-order valence-corrected chi connectivity index (χ1v) is 10.4. The van der Waals surface area contributed by atoms with E-state index in [0.717, 1.165) is 11.0 Å². The summed E-state index contributed by atoms with van der Waals surface area (Å²) < 4.78 is 2.29. The first-order chi connectivity index (χ1) is 14.4. The zero-order valence-electron chi connectivity index (χ0n) is 16.6. The van der Waals surface area contributed by atoms with E-state index in [0.29, 0.717) is 30.1 Å². The number of pyridine rings is 1. The number of amides is 2. The van der Waals surface area contributed by atoms with Crippen LogP contribution in [-0.4, -0.2) is 43.9 Å². The Kier molecular flexibility index (Phi) is 5.25. The van der Waals surface area contributed by atoms with Crippen molar-refractivity contribution >= 4 is 39.9 Å². The van der Waals surface area contributed by atoms with Gasteiger partial charge in [-0.1, -0.05) is 6.07 Å². The molecule has 10 heteroatoms. The Labute approximate surface area is 175 Å². The van der Waals surface area contributed by atoms with Crippen LogP contribution >= 0.6 is 11.3 Å². The Morgan fingerprint density at radius 2 is 2.03 bits per heavy atom. The van der Waals surface area contributed by atoms with Gasteiger partial charge in [-0.05, 0) is 30.4 Å². The number of thiophene rings is 1. The summed E-state index contributed by atoms with van der Waals surface area (Å²) in [5.41, 5.74) is -0.298. The molecule has 0 spiro atoms. The molecule has 156 valence electrons. The lowest BCUT2D eigenvalue weighted by Crippen LogP contribution is -2.43. The number of rotatable bonds is 3. The Morgan fingerprint density at radius 1 is 1.23 bits per heavy atom. The van der Waals surface area contributed by atoms with Gasteiger partial charge in [-0.3, -0.25) is 23.5 Å². The van der Waals surface area contributed by atoms with Crippen molar-refractivity contribution in [3.05, 3.63) is 55.5 Å². The molecule has 0 aromatic carbocycles. The molecule has 1 aliphatic rings. The largest absolute Gasteiger partial charge is 0.337 e. The summed E-state index contributed by atoms with van der Waals surface area (Å²) in [5, 5.41) is 4.91. The Morgan fingerprint density at radius 3 is 2.77 bits per heavy atom. The van der Waals surface area contributed by atoms with Gasteiger partial charge in [0.2, 0.25) is 5.91 Å². The van der Waals surface area contributed by atoms with E-state index < -0.39 is 11.2 Å². The van der Waals surface area contributed by atoms with Gasteiger partial charge in [0, 0.05) is 27.2 Å². The third-order valence-corrected chi connectivity index (χ3v) is 6.23. The highest BCUT2D eigenvalue weighted by Gasteiger charge is 2.29. The number of carbonyl (C=O) groups excluding carboxylic acids is 2. The highest BCUT2D eigenvalue weighted by atomic mass is 32.1. The highest BCUT2D eigenvalue weighted by Crippen LogP contribution is 2.22. The maximum atomic E-state index is 12.8. The van der Waals surface area contributed by atoms with Crippen LogP contribution in [0, 0.1) is 5.92 Å². The fourth-order valence-electron chi connectivity index (χ4n) is 3.71. The van der Waals surface area contributed by atoms with E-state index in [2.05, 4.69) is 10.3 Å². The van der Waals surface area contributed by atoms with Gasteiger partial charge < -0.3 is 10.2 Å². The van der Waals surface area contributed by atoms with Crippen molar-refractivity contribution in [3.63, 3.8) is 0 Å². The second-order valence-corrected chi connectivity index (χ2v) is 8.31. The lowest BCUT2D eigenvalue weighted by molar-refractivity contribution is -0.121. The van der Waals surface area contributed by atoms with Gasteiger partial charge in [0.1, 0.15) is 5.65 Å². The monoisotopic (exact) mass is 427 g/mol. The quantitative estimate of drug-likeness (QED) is 0.676. The highest BCUT2D eigenvalue weighted by molar-refractivity contribution is 7.12. The maximum absolute atomic E-state index is 12.8. The van der Waals surface area contributed by atoms with Crippen molar-refractivity contribution < 1.29 is 9.59 Å². The molecule has 1 aliphatic heterocycles. The van der Waals surface area contributed by atoms with Crippen molar-refractivity contribution in [1.82, 2.24) is 19.0 Å². The summed E-state index contributed by atoms with van der Waals surface area (Å²) in [4.78, 5) is 56.4. The molecule has 3 aromatic heterocycles. The zero-order valence-corrected chi connectivity index (χ0v) is 17.4. The molecule has 1 unspecified atom stereocenters. The van der Waals surface area contributed by atoms with Crippen LogP contribution in [0.3, 0.4) is 0 Å².